The first-order valence-corrected chi connectivity index (χ1v) is 17.9. The predicted molar refractivity (Wildman–Crippen MR) is 193 cm³/mol. The number of esters is 3. The molecule has 0 spiro atoms. The molecule has 0 saturated carbocycles. The number of ether oxygens (including phenoxy) is 3. The normalized spacial score (nSPS) is 16.1. The summed E-state index contributed by atoms with van der Waals surface area (Å²) < 4.78 is 30.4. The number of carbonyl (C=O) groups excluding carboxylic acids is 3. The first-order chi connectivity index (χ1) is 23.4. The molecule has 0 aliphatic heterocycles. The van der Waals surface area contributed by atoms with Gasteiger partial charge in [-0.25, -0.2) is 0 Å². The second-order valence-corrected chi connectivity index (χ2v) is 13.5. The number of rotatable bonds is 16. The van der Waals surface area contributed by atoms with Crippen LogP contribution < -0.4 is 10.9 Å². The Kier molecular flexibility index (Phi) is 15.5. The fourth-order valence-corrected chi connectivity index (χ4v) is 6.77. The Labute approximate surface area is 297 Å². The lowest BCUT2D eigenvalue weighted by Gasteiger charge is -2.35. The predicted octanol–water partition coefficient (Wildman–Crippen LogP) is 7.97. The van der Waals surface area contributed by atoms with Gasteiger partial charge >= 0.3 is 17.9 Å². The number of allylic oxidation sites excluding steroid dienone is 1. The van der Waals surface area contributed by atoms with Crippen LogP contribution in [-0.2, 0) is 35.0 Å². The van der Waals surface area contributed by atoms with Gasteiger partial charge in [0.2, 0.25) is 0 Å². The summed E-state index contributed by atoms with van der Waals surface area (Å²) in [6.45, 7) is 24.7. The molecule has 0 aromatic carbocycles. The Morgan fingerprint density at radius 1 is 0.680 bits per heavy atom. The Morgan fingerprint density at radius 2 is 1.18 bits per heavy atom. The van der Waals surface area contributed by atoms with Crippen molar-refractivity contribution >= 4 is 17.9 Å². The van der Waals surface area contributed by atoms with Crippen molar-refractivity contribution in [2.75, 3.05) is 0 Å². The van der Waals surface area contributed by atoms with Gasteiger partial charge in [0.25, 0.3) is 0 Å². The third-order valence-corrected chi connectivity index (χ3v) is 9.74. The highest BCUT2D eigenvalue weighted by Crippen LogP contribution is 2.36. The summed E-state index contributed by atoms with van der Waals surface area (Å²) in [7, 11) is 0. The second kappa shape index (κ2) is 18.3. The largest absolute Gasteiger partial charge is 0.465 e. The molecule has 1 unspecified atom stereocenters. The van der Waals surface area contributed by atoms with Crippen molar-refractivity contribution in [3.63, 3.8) is 0 Å². The van der Waals surface area contributed by atoms with Crippen molar-refractivity contribution in [1.29, 1.82) is 0 Å². The summed E-state index contributed by atoms with van der Waals surface area (Å²) in [6, 6.07) is 0. The van der Waals surface area contributed by atoms with Crippen LogP contribution in [0.4, 0.5) is 0 Å². The van der Waals surface area contributed by atoms with Gasteiger partial charge in [0.1, 0.15) is 41.4 Å². The molecule has 0 amide bonds. The molecule has 2 rings (SSSR count). The molecule has 278 valence electrons. The third-order valence-electron chi connectivity index (χ3n) is 9.74. The summed E-state index contributed by atoms with van der Waals surface area (Å²) in [4.78, 5) is 64.1. The topological polar surface area (TPSA) is 139 Å². The zero-order valence-electron chi connectivity index (χ0n) is 32.5. The van der Waals surface area contributed by atoms with E-state index in [0.717, 1.165) is 0 Å². The van der Waals surface area contributed by atoms with Crippen molar-refractivity contribution in [2.24, 2.45) is 5.92 Å². The van der Waals surface area contributed by atoms with Gasteiger partial charge < -0.3 is 23.0 Å². The van der Waals surface area contributed by atoms with E-state index in [1.54, 1.807) is 41.5 Å². The van der Waals surface area contributed by atoms with Crippen LogP contribution in [0.25, 0.3) is 0 Å². The van der Waals surface area contributed by atoms with Crippen LogP contribution in [0, 0.1) is 33.6 Å². The van der Waals surface area contributed by atoms with E-state index in [9.17, 15) is 24.0 Å². The van der Waals surface area contributed by atoms with Crippen molar-refractivity contribution in [3.05, 3.63) is 77.4 Å². The fourth-order valence-electron chi connectivity index (χ4n) is 6.77. The SMILES string of the molecule is CCC(=O)O[C@H](C(C)[C@@H](OC(=O)CC)C(C)=C[C@H](C)c1oc([C@@H](C)[C@H](CC)OC(C)=O)c(C)c(=O)c1C)[C@@H](C)c1oc(CC)c(C)c(=O)c1C. The zero-order valence-corrected chi connectivity index (χ0v) is 32.5. The van der Waals surface area contributed by atoms with Gasteiger partial charge in [0, 0.05) is 60.3 Å². The molecule has 2 heterocycles. The highest BCUT2D eigenvalue weighted by atomic mass is 16.6. The van der Waals surface area contributed by atoms with Crippen LogP contribution >= 0.6 is 0 Å². The van der Waals surface area contributed by atoms with Crippen molar-refractivity contribution in [2.45, 2.75) is 159 Å². The third kappa shape index (κ3) is 9.63. The minimum atomic E-state index is -0.838. The first kappa shape index (κ1) is 42.2. The molecule has 0 aliphatic carbocycles. The van der Waals surface area contributed by atoms with Crippen LogP contribution in [0.5, 0.6) is 0 Å². The Hall–Kier alpha value is -3.95. The standard InChI is InChI=1S/C40H58O10/c1-15-30-22(7)34(44)25(10)39(47-30)28(13)40(49-33(43)18-4)27(12)37(48-32(42)17-3)21(6)19-20(5)36-24(9)35(45)26(11)38(50-36)23(8)31(16-2)46-29(14)41/h19-20,23,27-28,31,37,40H,15-18H2,1-14H3/t20-,23-,27?,28-,31-,37-,40+/m0/s1. The minimum Gasteiger partial charge on any atom is -0.465 e. The highest BCUT2D eigenvalue weighted by Gasteiger charge is 2.39. The molecular formula is C40H58O10. The highest BCUT2D eigenvalue weighted by molar-refractivity contribution is 5.70. The van der Waals surface area contributed by atoms with E-state index in [1.165, 1.54) is 6.92 Å². The molecule has 50 heavy (non-hydrogen) atoms. The van der Waals surface area contributed by atoms with Crippen molar-refractivity contribution in [1.82, 2.24) is 0 Å². The van der Waals surface area contributed by atoms with Crippen LogP contribution in [0.15, 0.2) is 30.1 Å². The minimum absolute atomic E-state index is 0.121. The number of hydrogen-bond donors (Lipinski definition) is 0. The van der Waals surface area contributed by atoms with E-state index < -0.39 is 54.0 Å². The number of hydrogen-bond acceptors (Lipinski definition) is 10. The first-order valence-electron chi connectivity index (χ1n) is 17.9. The lowest BCUT2D eigenvalue weighted by molar-refractivity contribution is -0.160. The summed E-state index contributed by atoms with van der Waals surface area (Å²) in [5, 5.41) is 0. The maximum Gasteiger partial charge on any atom is 0.306 e. The second-order valence-electron chi connectivity index (χ2n) is 13.5. The van der Waals surface area contributed by atoms with E-state index >= 15 is 0 Å². The molecular weight excluding hydrogens is 640 g/mol. The molecule has 0 fully saturated rings. The lowest BCUT2D eigenvalue weighted by Crippen LogP contribution is -2.40. The van der Waals surface area contributed by atoms with Gasteiger partial charge in [0.05, 0.1) is 11.8 Å². The van der Waals surface area contributed by atoms with Crippen LogP contribution in [0.1, 0.15) is 152 Å². The fraction of sp³-hybridized carbons (Fsp3) is 0.625. The maximum absolute atomic E-state index is 13.5. The van der Waals surface area contributed by atoms with Crippen LogP contribution in [0.3, 0.4) is 0 Å². The average molecular weight is 699 g/mol. The van der Waals surface area contributed by atoms with Gasteiger partial charge in [-0.15, -0.1) is 0 Å². The monoisotopic (exact) mass is 698 g/mol. The van der Waals surface area contributed by atoms with E-state index in [-0.39, 0.29) is 29.6 Å². The summed E-state index contributed by atoms with van der Waals surface area (Å²) in [5.41, 5.74) is 2.28. The van der Waals surface area contributed by atoms with E-state index in [4.69, 9.17) is 23.0 Å². The van der Waals surface area contributed by atoms with Crippen molar-refractivity contribution < 1.29 is 37.4 Å². The summed E-state index contributed by atoms with van der Waals surface area (Å²) >= 11 is 0. The van der Waals surface area contributed by atoms with Crippen molar-refractivity contribution in [3.8, 4) is 0 Å². The molecule has 0 bridgehead atoms. The lowest BCUT2D eigenvalue weighted by atomic mass is 9.83. The smallest absolute Gasteiger partial charge is 0.306 e. The van der Waals surface area contributed by atoms with Crippen LogP contribution in [-0.4, -0.2) is 36.2 Å². The summed E-state index contributed by atoms with van der Waals surface area (Å²) in [6.07, 6.45) is 1.05. The van der Waals surface area contributed by atoms with Gasteiger partial charge in [-0.2, -0.15) is 0 Å². The molecule has 2 aromatic heterocycles. The van der Waals surface area contributed by atoms with Crippen LogP contribution in [0.2, 0.25) is 0 Å². The van der Waals surface area contributed by atoms with Gasteiger partial charge in [-0.05, 0) is 46.6 Å². The molecule has 7 atom stereocenters. The Morgan fingerprint density at radius 3 is 1.68 bits per heavy atom. The quantitative estimate of drug-likeness (QED) is 0.0963. The molecule has 0 N–H and O–H groups in total. The van der Waals surface area contributed by atoms with Gasteiger partial charge in [-0.1, -0.05) is 61.5 Å². The molecule has 0 saturated heterocycles. The van der Waals surface area contributed by atoms with E-state index in [0.29, 0.717) is 63.7 Å². The average Bonchev–Trinajstić information content (AvgIpc) is 3.08. The summed E-state index contributed by atoms with van der Waals surface area (Å²) in [5.74, 6) is -1.35. The van der Waals surface area contributed by atoms with Gasteiger partial charge in [0.15, 0.2) is 10.9 Å². The van der Waals surface area contributed by atoms with E-state index in [1.807, 2.05) is 54.5 Å². The maximum atomic E-state index is 13.5. The molecule has 10 nitrogen and oxygen atoms in total. The van der Waals surface area contributed by atoms with Gasteiger partial charge in [-0.3, -0.25) is 24.0 Å². The molecule has 0 aliphatic rings. The van der Waals surface area contributed by atoms with E-state index in [2.05, 4.69) is 0 Å². The molecule has 10 heteroatoms. The zero-order chi connectivity index (χ0) is 38.2. The number of carbonyl (C=O) groups is 3. The Bertz CT molecular complexity index is 1680. The molecule has 0 radical (unpaired) electrons. The molecule has 2 aromatic rings. The number of aryl methyl sites for hydroxylation is 1. The Balaban J connectivity index is 2.71.